The Kier molecular flexibility index (Phi) is 6.41. The second-order valence-electron chi connectivity index (χ2n) is 6.12. The van der Waals surface area contributed by atoms with Crippen molar-refractivity contribution in [2.45, 2.75) is 13.5 Å². The topological polar surface area (TPSA) is 85.6 Å². The number of phenolic OH excluding ortho intramolecular Hbond substituents is 1. The third-order valence-corrected chi connectivity index (χ3v) is 5.11. The minimum absolute atomic E-state index is 0.121. The van der Waals surface area contributed by atoms with Crippen molar-refractivity contribution < 1.29 is 19.4 Å². The first-order valence-corrected chi connectivity index (χ1v) is 9.76. The van der Waals surface area contributed by atoms with E-state index in [2.05, 4.69) is 0 Å². The number of esters is 1. The van der Waals surface area contributed by atoms with Crippen molar-refractivity contribution in [3.8, 4) is 5.75 Å². The highest BCUT2D eigenvalue weighted by Crippen LogP contribution is 2.09. The van der Waals surface area contributed by atoms with Crippen molar-refractivity contribution in [2.24, 2.45) is 0 Å². The summed E-state index contributed by atoms with van der Waals surface area (Å²) in [7, 11) is 0. The summed E-state index contributed by atoms with van der Waals surface area (Å²) in [5, 5.41) is 9.41. The lowest BCUT2D eigenvalue weighted by Crippen LogP contribution is -2.34. The third kappa shape index (κ3) is 5.08. The van der Waals surface area contributed by atoms with Crippen molar-refractivity contribution in [1.82, 2.24) is 4.57 Å². The zero-order valence-electron chi connectivity index (χ0n) is 15.7. The Morgan fingerprint density at radius 3 is 2.45 bits per heavy atom. The number of phenols is 1. The number of hydrogen-bond acceptors (Lipinski definition) is 6. The Morgan fingerprint density at radius 1 is 1.10 bits per heavy atom. The number of hydrogen-bond donors (Lipinski definition) is 1. The van der Waals surface area contributed by atoms with E-state index in [1.807, 2.05) is 0 Å². The molecule has 3 aromatic rings. The molecule has 0 saturated heterocycles. The Balaban J connectivity index is 2.08. The minimum atomic E-state index is -0.578. The van der Waals surface area contributed by atoms with Gasteiger partial charge in [0.2, 0.25) is 0 Å². The molecule has 0 unspecified atom stereocenters. The maximum atomic E-state index is 12.9. The SMILES string of the molecule is CCOC(=O)/C=c1\s/c(=C\c2ccc(O)cc2)c(=O)n1CC(=O)c1ccccc1. The molecule has 0 radical (unpaired) electrons. The number of rotatable bonds is 6. The van der Waals surface area contributed by atoms with Crippen LogP contribution in [-0.4, -0.2) is 28.0 Å². The summed E-state index contributed by atoms with van der Waals surface area (Å²) in [6, 6.07) is 15.0. The third-order valence-electron chi connectivity index (χ3n) is 4.05. The molecule has 0 amide bonds. The lowest BCUT2D eigenvalue weighted by Gasteiger charge is -2.02. The Morgan fingerprint density at radius 2 is 1.79 bits per heavy atom. The number of Topliss-reactive ketones (excluding diaryl/α,β-unsaturated/α-hetero) is 1. The van der Waals surface area contributed by atoms with Crippen LogP contribution in [0.3, 0.4) is 0 Å². The van der Waals surface area contributed by atoms with E-state index in [0.29, 0.717) is 20.3 Å². The lowest BCUT2D eigenvalue weighted by molar-refractivity contribution is -0.135. The first-order valence-electron chi connectivity index (χ1n) is 8.95. The van der Waals surface area contributed by atoms with E-state index in [0.717, 1.165) is 11.3 Å². The fourth-order valence-electron chi connectivity index (χ4n) is 2.66. The van der Waals surface area contributed by atoms with Crippen LogP contribution in [0.2, 0.25) is 0 Å². The van der Waals surface area contributed by atoms with Gasteiger partial charge in [-0.3, -0.25) is 14.2 Å². The van der Waals surface area contributed by atoms with Gasteiger partial charge in [0.25, 0.3) is 5.56 Å². The Hall–Kier alpha value is -3.45. The van der Waals surface area contributed by atoms with Crippen molar-refractivity contribution in [2.75, 3.05) is 6.61 Å². The van der Waals surface area contributed by atoms with Crippen LogP contribution >= 0.6 is 11.3 Å². The van der Waals surface area contributed by atoms with Crippen molar-refractivity contribution in [3.63, 3.8) is 0 Å². The molecule has 29 heavy (non-hydrogen) atoms. The Bertz CT molecular complexity index is 1190. The number of benzene rings is 2. The van der Waals surface area contributed by atoms with E-state index in [1.165, 1.54) is 22.8 Å². The first-order chi connectivity index (χ1) is 14.0. The number of ketones is 1. The van der Waals surface area contributed by atoms with Crippen LogP contribution < -0.4 is 14.8 Å². The van der Waals surface area contributed by atoms with Gasteiger partial charge in [-0.25, -0.2) is 4.79 Å². The van der Waals surface area contributed by atoms with Crippen molar-refractivity contribution >= 4 is 35.2 Å². The van der Waals surface area contributed by atoms with E-state index in [9.17, 15) is 19.5 Å². The van der Waals surface area contributed by atoms with Gasteiger partial charge in [0, 0.05) is 5.56 Å². The summed E-state index contributed by atoms with van der Waals surface area (Å²) in [4.78, 5) is 37.5. The summed E-state index contributed by atoms with van der Waals surface area (Å²) in [6.45, 7) is 1.71. The van der Waals surface area contributed by atoms with Crippen LogP contribution in [0.5, 0.6) is 5.75 Å². The molecular formula is C22H19NO5S. The maximum Gasteiger partial charge on any atom is 0.333 e. The second kappa shape index (κ2) is 9.16. The van der Waals surface area contributed by atoms with E-state index >= 15 is 0 Å². The predicted molar refractivity (Wildman–Crippen MR) is 111 cm³/mol. The molecule has 0 aliphatic carbocycles. The number of aromatic hydroxyl groups is 1. The van der Waals surface area contributed by atoms with Crippen LogP contribution in [-0.2, 0) is 16.1 Å². The summed E-state index contributed by atoms with van der Waals surface area (Å²) in [5.41, 5.74) is 0.824. The number of thiazole rings is 1. The van der Waals surface area contributed by atoms with Gasteiger partial charge in [-0.15, -0.1) is 11.3 Å². The highest BCUT2D eigenvalue weighted by Gasteiger charge is 2.12. The summed E-state index contributed by atoms with van der Waals surface area (Å²) >= 11 is 1.10. The highest BCUT2D eigenvalue weighted by molar-refractivity contribution is 7.07. The van der Waals surface area contributed by atoms with Crippen molar-refractivity contribution in [1.29, 1.82) is 0 Å². The van der Waals surface area contributed by atoms with Crippen LogP contribution in [0, 0.1) is 0 Å². The van der Waals surface area contributed by atoms with E-state index in [-0.39, 0.29) is 30.2 Å². The predicted octanol–water partition coefficient (Wildman–Crippen LogP) is 1.67. The van der Waals surface area contributed by atoms with E-state index in [1.54, 1.807) is 55.5 Å². The molecule has 0 aliphatic rings. The largest absolute Gasteiger partial charge is 0.508 e. The second-order valence-corrected chi connectivity index (χ2v) is 7.18. The summed E-state index contributed by atoms with van der Waals surface area (Å²) < 4.78 is 6.93. The molecule has 0 spiro atoms. The van der Waals surface area contributed by atoms with Gasteiger partial charge in [-0.2, -0.15) is 0 Å². The number of aromatic nitrogens is 1. The van der Waals surface area contributed by atoms with Gasteiger partial charge in [-0.05, 0) is 30.7 Å². The average Bonchev–Trinajstić information content (AvgIpc) is 2.99. The standard InChI is InChI=1S/C22H19NO5S/c1-2-28-21(26)13-20-23(14-18(25)16-6-4-3-5-7-16)22(27)19(29-20)12-15-8-10-17(24)11-9-15/h3-13,24H,2,14H2,1H3/b19-12-,20-13-. The van der Waals surface area contributed by atoms with Crippen LogP contribution in [0.4, 0.5) is 0 Å². The molecule has 7 heteroatoms. The molecule has 148 valence electrons. The molecule has 1 heterocycles. The number of nitrogens with zero attached hydrogens (tertiary/aromatic N) is 1. The molecule has 6 nitrogen and oxygen atoms in total. The summed E-state index contributed by atoms with van der Waals surface area (Å²) in [5.74, 6) is -0.693. The van der Waals surface area contributed by atoms with Gasteiger partial charge >= 0.3 is 5.97 Å². The van der Waals surface area contributed by atoms with Gasteiger partial charge in [-0.1, -0.05) is 42.5 Å². The molecule has 1 aromatic heterocycles. The zero-order chi connectivity index (χ0) is 20.8. The number of carbonyl (C=O) groups is 2. The zero-order valence-corrected chi connectivity index (χ0v) is 16.5. The number of carbonyl (C=O) groups excluding carboxylic acids is 2. The van der Waals surface area contributed by atoms with Crippen LogP contribution in [0.15, 0.2) is 59.4 Å². The van der Waals surface area contributed by atoms with Gasteiger partial charge in [0.1, 0.15) is 10.4 Å². The fraction of sp³-hybridized carbons (Fsp3) is 0.136. The first kappa shape index (κ1) is 20.3. The molecule has 0 saturated carbocycles. The van der Waals surface area contributed by atoms with Crippen LogP contribution in [0.1, 0.15) is 22.8 Å². The normalized spacial score (nSPS) is 12.2. The smallest absolute Gasteiger partial charge is 0.333 e. The van der Waals surface area contributed by atoms with Crippen molar-refractivity contribution in [3.05, 3.63) is 85.3 Å². The average molecular weight is 409 g/mol. The molecule has 3 rings (SSSR count). The molecular weight excluding hydrogens is 390 g/mol. The maximum absolute atomic E-state index is 12.9. The monoisotopic (exact) mass is 409 g/mol. The number of ether oxygens (including phenoxy) is 1. The van der Waals surface area contributed by atoms with Gasteiger partial charge in [0.05, 0.1) is 23.8 Å². The lowest BCUT2D eigenvalue weighted by atomic mass is 10.1. The minimum Gasteiger partial charge on any atom is -0.508 e. The van der Waals surface area contributed by atoms with Gasteiger partial charge < -0.3 is 9.84 Å². The van der Waals surface area contributed by atoms with Gasteiger partial charge in [0.15, 0.2) is 5.78 Å². The molecule has 0 bridgehead atoms. The molecule has 2 aromatic carbocycles. The molecule has 0 atom stereocenters. The highest BCUT2D eigenvalue weighted by atomic mass is 32.1. The molecule has 1 N–H and O–H groups in total. The fourth-order valence-corrected chi connectivity index (χ4v) is 3.69. The molecule has 0 fully saturated rings. The van der Waals surface area contributed by atoms with E-state index < -0.39 is 5.97 Å². The quantitative estimate of drug-likeness (QED) is 0.495. The summed E-state index contributed by atoms with van der Waals surface area (Å²) in [6.07, 6.45) is 2.88. The Labute approximate surface area is 170 Å². The van der Waals surface area contributed by atoms with Crippen LogP contribution in [0.25, 0.3) is 12.2 Å². The van der Waals surface area contributed by atoms with E-state index in [4.69, 9.17) is 4.74 Å². The molecule has 0 aliphatic heterocycles.